The van der Waals surface area contributed by atoms with Gasteiger partial charge in [0.15, 0.2) is 0 Å². The summed E-state index contributed by atoms with van der Waals surface area (Å²) >= 11 is 1.66. The summed E-state index contributed by atoms with van der Waals surface area (Å²) in [5, 5.41) is 13.2. The van der Waals surface area contributed by atoms with Crippen molar-refractivity contribution in [3.63, 3.8) is 0 Å². The van der Waals surface area contributed by atoms with Crippen molar-refractivity contribution < 1.29 is 5.11 Å². The van der Waals surface area contributed by atoms with E-state index in [2.05, 4.69) is 10.3 Å². The lowest BCUT2D eigenvalue weighted by atomic mass is 10.1. The topological polar surface area (TPSA) is 45.1 Å². The SMILES string of the molecule is CSCC(C)(O)CNCCc1ccccn1. The maximum atomic E-state index is 9.91. The molecule has 1 atom stereocenters. The minimum Gasteiger partial charge on any atom is -0.388 e. The van der Waals surface area contributed by atoms with Gasteiger partial charge in [0.05, 0.1) is 5.60 Å². The van der Waals surface area contributed by atoms with E-state index in [1.807, 2.05) is 31.4 Å². The minimum absolute atomic E-state index is 0.621. The standard InChI is InChI=1S/C12H20N2OS/c1-12(15,10-16-2)9-13-8-6-11-5-3-4-7-14-11/h3-5,7,13,15H,6,8-10H2,1-2H3. The zero-order valence-electron chi connectivity index (χ0n) is 9.94. The molecule has 0 amide bonds. The van der Waals surface area contributed by atoms with Gasteiger partial charge < -0.3 is 10.4 Å². The zero-order valence-corrected chi connectivity index (χ0v) is 10.8. The van der Waals surface area contributed by atoms with E-state index in [4.69, 9.17) is 0 Å². The smallest absolute Gasteiger partial charge is 0.0833 e. The van der Waals surface area contributed by atoms with Crippen molar-refractivity contribution in [1.82, 2.24) is 10.3 Å². The number of hydrogen-bond acceptors (Lipinski definition) is 4. The molecule has 1 rings (SSSR count). The fourth-order valence-electron chi connectivity index (χ4n) is 1.48. The lowest BCUT2D eigenvalue weighted by Gasteiger charge is -2.22. The van der Waals surface area contributed by atoms with Crippen molar-refractivity contribution in [3.05, 3.63) is 30.1 Å². The molecule has 0 bridgehead atoms. The summed E-state index contributed by atoms with van der Waals surface area (Å²) in [6, 6.07) is 5.92. The maximum absolute atomic E-state index is 9.91. The van der Waals surface area contributed by atoms with Crippen LogP contribution >= 0.6 is 11.8 Å². The van der Waals surface area contributed by atoms with Gasteiger partial charge in [0, 0.05) is 37.2 Å². The molecular weight excluding hydrogens is 220 g/mol. The van der Waals surface area contributed by atoms with Crippen molar-refractivity contribution in [1.29, 1.82) is 0 Å². The maximum Gasteiger partial charge on any atom is 0.0833 e. The summed E-state index contributed by atoms with van der Waals surface area (Å²) in [6.45, 7) is 3.33. The predicted octanol–water partition coefficient (Wildman–Crippen LogP) is 1.33. The number of rotatable bonds is 7. The molecule has 0 radical (unpaired) electrons. The van der Waals surface area contributed by atoms with Crippen LogP contribution in [-0.4, -0.2) is 40.8 Å². The Kier molecular flexibility index (Phi) is 5.80. The minimum atomic E-state index is -0.621. The summed E-state index contributed by atoms with van der Waals surface area (Å²) in [6.07, 6.45) is 4.71. The quantitative estimate of drug-likeness (QED) is 0.706. The van der Waals surface area contributed by atoms with Crippen LogP contribution in [0.5, 0.6) is 0 Å². The van der Waals surface area contributed by atoms with Gasteiger partial charge in [0.25, 0.3) is 0 Å². The van der Waals surface area contributed by atoms with Crippen molar-refractivity contribution in [2.75, 3.05) is 25.1 Å². The molecule has 0 spiro atoms. The number of nitrogens with zero attached hydrogens (tertiary/aromatic N) is 1. The van der Waals surface area contributed by atoms with E-state index in [1.54, 1.807) is 18.0 Å². The average molecular weight is 240 g/mol. The van der Waals surface area contributed by atoms with Crippen LogP contribution in [0.25, 0.3) is 0 Å². The molecule has 0 aliphatic rings. The first kappa shape index (κ1) is 13.5. The van der Waals surface area contributed by atoms with E-state index in [9.17, 15) is 5.11 Å². The zero-order chi connectivity index (χ0) is 11.9. The third kappa shape index (κ3) is 5.49. The Labute approximate surface area is 102 Å². The Morgan fingerprint density at radius 3 is 2.94 bits per heavy atom. The Hall–Kier alpha value is -0.580. The molecule has 1 aromatic heterocycles. The molecule has 0 saturated carbocycles. The molecule has 0 aliphatic heterocycles. The fourth-order valence-corrected chi connectivity index (χ4v) is 2.21. The monoisotopic (exact) mass is 240 g/mol. The van der Waals surface area contributed by atoms with Gasteiger partial charge in [-0.2, -0.15) is 11.8 Å². The van der Waals surface area contributed by atoms with Gasteiger partial charge in [-0.1, -0.05) is 6.07 Å². The normalized spacial score (nSPS) is 14.7. The van der Waals surface area contributed by atoms with Gasteiger partial charge in [0.2, 0.25) is 0 Å². The molecule has 1 aromatic rings. The van der Waals surface area contributed by atoms with Crippen molar-refractivity contribution in [3.8, 4) is 0 Å². The highest BCUT2D eigenvalue weighted by Crippen LogP contribution is 2.08. The molecule has 90 valence electrons. The molecule has 0 aromatic carbocycles. The highest BCUT2D eigenvalue weighted by molar-refractivity contribution is 7.98. The van der Waals surface area contributed by atoms with Gasteiger partial charge >= 0.3 is 0 Å². The van der Waals surface area contributed by atoms with Gasteiger partial charge in [-0.25, -0.2) is 0 Å². The lowest BCUT2D eigenvalue weighted by Crippen LogP contribution is -2.40. The molecule has 16 heavy (non-hydrogen) atoms. The van der Waals surface area contributed by atoms with Crippen LogP contribution in [0.1, 0.15) is 12.6 Å². The second-order valence-electron chi connectivity index (χ2n) is 4.18. The fraction of sp³-hybridized carbons (Fsp3) is 0.583. The van der Waals surface area contributed by atoms with E-state index in [-0.39, 0.29) is 0 Å². The molecule has 0 saturated heterocycles. The number of thioether (sulfide) groups is 1. The third-order valence-corrected chi connectivity index (χ3v) is 3.16. The lowest BCUT2D eigenvalue weighted by molar-refractivity contribution is 0.0852. The highest BCUT2D eigenvalue weighted by atomic mass is 32.2. The van der Waals surface area contributed by atoms with E-state index in [0.29, 0.717) is 6.54 Å². The van der Waals surface area contributed by atoms with Crippen LogP contribution < -0.4 is 5.32 Å². The summed E-state index contributed by atoms with van der Waals surface area (Å²) in [5.41, 5.74) is 0.461. The van der Waals surface area contributed by atoms with Gasteiger partial charge in [0.1, 0.15) is 0 Å². The predicted molar refractivity (Wildman–Crippen MR) is 69.8 cm³/mol. The molecule has 3 nitrogen and oxygen atoms in total. The van der Waals surface area contributed by atoms with Gasteiger partial charge in [-0.3, -0.25) is 4.98 Å². The van der Waals surface area contributed by atoms with Gasteiger partial charge in [-0.15, -0.1) is 0 Å². The molecule has 4 heteroatoms. The second-order valence-corrected chi connectivity index (χ2v) is 5.04. The Morgan fingerprint density at radius 1 is 1.50 bits per heavy atom. The first-order chi connectivity index (χ1) is 7.64. The largest absolute Gasteiger partial charge is 0.388 e. The number of aromatic nitrogens is 1. The van der Waals surface area contributed by atoms with Crippen LogP contribution in [0.2, 0.25) is 0 Å². The van der Waals surface area contributed by atoms with Crippen LogP contribution in [-0.2, 0) is 6.42 Å². The van der Waals surface area contributed by atoms with E-state index < -0.39 is 5.60 Å². The van der Waals surface area contributed by atoms with Gasteiger partial charge in [-0.05, 0) is 25.3 Å². The van der Waals surface area contributed by atoms with E-state index in [0.717, 1.165) is 24.4 Å². The first-order valence-corrected chi connectivity index (χ1v) is 6.85. The van der Waals surface area contributed by atoms with Crippen LogP contribution in [0, 0.1) is 0 Å². The molecule has 1 heterocycles. The number of pyridine rings is 1. The Morgan fingerprint density at radius 2 is 2.31 bits per heavy atom. The number of nitrogens with one attached hydrogen (secondary N) is 1. The van der Waals surface area contributed by atoms with Crippen molar-refractivity contribution in [2.24, 2.45) is 0 Å². The highest BCUT2D eigenvalue weighted by Gasteiger charge is 2.18. The summed E-state index contributed by atoms with van der Waals surface area (Å²) in [4.78, 5) is 4.24. The number of aliphatic hydroxyl groups is 1. The first-order valence-electron chi connectivity index (χ1n) is 5.46. The Bertz CT molecular complexity index is 290. The summed E-state index contributed by atoms with van der Waals surface area (Å²) < 4.78 is 0. The van der Waals surface area contributed by atoms with Crippen molar-refractivity contribution in [2.45, 2.75) is 18.9 Å². The summed E-state index contributed by atoms with van der Waals surface area (Å²) in [7, 11) is 0. The second kappa shape index (κ2) is 6.89. The van der Waals surface area contributed by atoms with E-state index >= 15 is 0 Å². The Balaban J connectivity index is 2.17. The third-order valence-electron chi connectivity index (χ3n) is 2.25. The molecule has 0 fully saturated rings. The van der Waals surface area contributed by atoms with Crippen LogP contribution in [0.15, 0.2) is 24.4 Å². The van der Waals surface area contributed by atoms with Crippen LogP contribution in [0.3, 0.4) is 0 Å². The summed E-state index contributed by atoms with van der Waals surface area (Å²) in [5.74, 6) is 0.754. The number of hydrogen-bond donors (Lipinski definition) is 2. The van der Waals surface area contributed by atoms with Crippen molar-refractivity contribution >= 4 is 11.8 Å². The average Bonchev–Trinajstić information content (AvgIpc) is 2.26. The van der Waals surface area contributed by atoms with E-state index in [1.165, 1.54) is 0 Å². The van der Waals surface area contributed by atoms with Crippen LogP contribution in [0.4, 0.5) is 0 Å². The molecule has 0 aliphatic carbocycles. The molecular formula is C12H20N2OS. The molecule has 2 N–H and O–H groups in total. The molecule has 1 unspecified atom stereocenters.